The number of aromatic nitrogens is 1. The van der Waals surface area contributed by atoms with Gasteiger partial charge < -0.3 is 14.4 Å². The van der Waals surface area contributed by atoms with Crippen LogP contribution in [0.4, 0.5) is 4.79 Å². The maximum Gasteiger partial charge on any atom is 0.410 e. The molecule has 1 amide bonds. The van der Waals surface area contributed by atoms with Gasteiger partial charge in [0, 0.05) is 44.5 Å². The zero-order valence-electron chi connectivity index (χ0n) is 14.7. The molecule has 1 atom stereocenters. The molecule has 1 saturated heterocycles. The Morgan fingerprint density at radius 2 is 2.13 bits per heavy atom. The van der Waals surface area contributed by atoms with Gasteiger partial charge in [0.15, 0.2) is 0 Å². The van der Waals surface area contributed by atoms with Gasteiger partial charge in [-0.15, -0.1) is 0 Å². The first-order chi connectivity index (χ1) is 10.8. The van der Waals surface area contributed by atoms with Crippen molar-refractivity contribution in [3.63, 3.8) is 0 Å². The average Bonchev–Trinajstić information content (AvgIpc) is 2.47. The molecule has 1 aliphatic heterocycles. The molecular weight excluding hydrogens is 294 g/mol. The van der Waals surface area contributed by atoms with Crippen LogP contribution in [0.3, 0.4) is 0 Å². The molecule has 0 radical (unpaired) electrons. The van der Waals surface area contributed by atoms with Crippen molar-refractivity contribution in [2.45, 2.75) is 45.9 Å². The SMILES string of the molecule is COc1ccnc(CN2CCN(C(=O)OC(C)(C)C)C[C@@H]2C)c1. The van der Waals surface area contributed by atoms with Crippen LogP contribution in [-0.2, 0) is 11.3 Å². The third kappa shape index (κ3) is 5.10. The molecule has 6 nitrogen and oxygen atoms in total. The van der Waals surface area contributed by atoms with Gasteiger partial charge in [0.2, 0.25) is 0 Å². The Hall–Kier alpha value is -1.82. The number of nitrogens with zero attached hydrogens (tertiary/aromatic N) is 3. The maximum absolute atomic E-state index is 12.2. The Balaban J connectivity index is 1.92. The average molecular weight is 321 g/mol. The van der Waals surface area contributed by atoms with Gasteiger partial charge in [-0.25, -0.2) is 4.79 Å². The molecule has 1 aromatic rings. The quantitative estimate of drug-likeness (QED) is 0.856. The van der Waals surface area contributed by atoms with Gasteiger partial charge in [-0.1, -0.05) is 0 Å². The highest BCUT2D eigenvalue weighted by Gasteiger charge is 2.29. The number of hydrogen-bond donors (Lipinski definition) is 0. The van der Waals surface area contributed by atoms with Crippen LogP contribution in [0.1, 0.15) is 33.4 Å². The van der Waals surface area contributed by atoms with Crippen molar-refractivity contribution in [3.8, 4) is 5.75 Å². The Labute approximate surface area is 138 Å². The molecule has 1 aliphatic rings. The first kappa shape index (κ1) is 17.5. The number of carbonyl (C=O) groups excluding carboxylic acids is 1. The summed E-state index contributed by atoms with van der Waals surface area (Å²) in [6, 6.07) is 4.05. The van der Waals surface area contributed by atoms with E-state index in [2.05, 4.69) is 16.8 Å². The van der Waals surface area contributed by atoms with Crippen LogP contribution in [0.15, 0.2) is 18.3 Å². The fourth-order valence-corrected chi connectivity index (χ4v) is 2.60. The van der Waals surface area contributed by atoms with Crippen LogP contribution in [0.2, 0.25) is 0 Å². The Morgan fingerprint density at radius 3 is 2.74 bits per heavy atom. The predicted molar refractivity (Wildman–Crippen MR) is 88.5 cm³/mol. The summed E-state index contributed by atoms with van der Waals surface area (Å²) in [6.45, 7) is 10.7. The van der Waals surface area contributed by atoms with Crippen LogP contribution in [0, 0.1) is 0 Å². The number of piperazine rings is 1. The highest BCUT2D eigenvalue weighted by Crippen LogP contribution is 2.18. The Bertz CT molecular complexity index is 542. The number of pyridine rings is 1. The summed E-state index contributed by atoms with van der Waals surface area (Å²) in [6.07, 6.45) is 1.53. The van der Waals surface area contributed by atoms with E-state index in [0.717, 1.165) is 24.5 Å². The topological polar surface area (TPSA) is 54.9 Å². The molecule has 23 heavy (non-hydrogen) atoms. The Morgan fingerprint density at radius 1 is 1.39 bits per heavy atom. The predicted octanol–water partition coefficient (Wildman–Crippen LogP) is 2.53. The number of ether oxygens (including phenoxy) is 2. The second-order valence-corrected chi connectivity index (χ2v) is 6.93. The second-order valence-electron chi connectivity index (χ2n) is 6.93. The van der Waals surface area contributed by atoms with E-state index < -0.39 is 5.60 Å². The minimum atomic E-state index is -0.456. The van der Waals surface area contributed by atoms with E-state index in [0.29, 0.717) is 13.1 Å². The van der Waals surface area contributed by atoms with Gasteiger partial charge in [-0.2, -0.15) is 0 Å². The van der Waals surface area contributed by atoms with E-state index in [1.807, 2.05) is 32.9 Å². The van der Waals surface area contributed by atoms with E-state index in [1.54, 1.807) is 18.2 Å². The molecule has 0 spiro atoms. The summed E-state index contributed by atoms with van der Waals surface area (Å²) in [5.41, 5.74) is 0.518. The van der Waals surface area contributed by atoms with Crippen LogP contribution < -0.4 is 4.74 Å². The summed E-state index contributed by atoms with van der Waals surface area (Å²) < 4.78 is 10.7. The number of amides is 1. The number of carbonyl (C=O) groups is 1. The summed E-state index contributed by atoms with van der Waals surface area (Å²) in [5.74, 6) is 0.815. The zero-order chi connectivity index (χ0) is 17.0. The molecule has 0 aromatic carbocycles. The molecule has 128 valence electrons. The standard InChI is InChI=1S/C17H27N3O3/c1-13-11-20(16(21)23-17(2,3)4)9-8-19(13)12-14-10-15(22-5)6-7-18-14/h6-7,10,13H,8-9,11-12H2,1-5H3/t13-/m0/s1. The fourth-order valence-electron chi connectivity index (χ4n) is 2.60. The third-order valence-electron chi connectivity index (χ3n) is 3.81. The largest absolute Gasteiger partial charge is 0.497 e. The van der Waals surface area contributed by atoms with Gasteiger partial charge in [0.1, 0.15) is 11.4 Å². The molecule has 2 heterocycles. The Kier molecular flexibility index (Phi) is 5.46. The smallest absolute Gasteiger partial charge is 0.410 e. The molecule has 0 N–H and O–H groups in total. The first-order valence-electron chi connectivity index (χ1n) is 7.99. The molecule has 0 bridgehead atoms. The van der Waals surface area contributed by atoms with Crippen molar-refractivity contribution in [3.05, 3.63) is 24.0 Å². The van der Waals surface area contributed by atoms with Crippen molar-refractivity contribution in [1.82, 2.24) is 14.8 Å². The van der Waals surface area contributed by atoms with Gasteiger partial charge in [-0.3, -0.25) is 9.88 Å². The van der Waals surface area contributed by atoms with Crippen LogP contribution in [0.5, 0.6) is 5.75 Å². The first-order valence-corrected chi connectivity index (χ1v) is 7.99. The minimum Gasteiger partial charge on any atom is -0.497 e. The maximum atomic E-state index is 12.2. The van der Waals surface area contributed by atoms with E-state index in [1.165, 1.54) is 0 Å². The van der Waals surface area contributed by atoms with E-state index in [-0.39, 0.29) is 12.1 Å². The molecule has 0 aliphatic carbocycles. The molecule has 2 rings (SSSR count). The van der Waals surface area contributed by atoms with E-state index >= 15 is 0 Å². The third-order valence-corrected chi connectivity index (χ3v) is 3.81. The number of methoxy groups -OCH3 is 1. The van der Waals surface area contributed by atoms with Gasteiger partial charge >= 0.3 is 6.09 Å². The van der Waals surface area contributed by atoms with E-state index in [9.17, 15) is 4.79 Å². The van der Waals surface area contributed by atoms with Crippen molar-refractivity contribution in [2.75, 3.05) is 26.7 Å². The summed E-state index contributed by atoms with van der Waals surface area (Å²) in [7, 11) is 1.65. The number of hydrogen-bond acceptors (Lipinski definition) is 5. The normalized spacial score (nSPS) is 19.5. The lowest BCUT2D eigenvalue weighted by molar-refractivity contribution is 0.00444. The zero-order valence-corrected chi connectivity index (χ0v) is 14.7. The van der Waals surface area contributed by atoms with Crippen LogP contribution >= 0.6 is 0 Å². The highest BCUT2D eigenvalue weighted by atomic mass is 16.6. The van der Waals surface area contributed by atoms with Crippen LogP contribution in [0.25, 0.3) is 0 Å². The van der Waals surface area contributed by atoms with E-state index in [4.69, 9.17) is 9.47 Å². The summed E-state index contributed by atoms with van der Waals surface area (Å²) in [5, 5.41) is 0. The molecule has 0 unspecified atom stereocenters. The molecule has 1 fully saturated rings. The van der Waals surface area contributed by atoms with Crippen molar-refractivity contribution in [1.29, 1.82) is 0 Å². The van der Waals surface area contributed by atoms with Crippen molar-refractivity contribution in [2.24, 2.45) is 0 Å². The van der Waals surface area contributed by atoms with Gasteiger partial charge in [0.25, 0.3) is 0 Å². The van der Waals surface area contributed by atoms with Crippen LogP contribution in [-0.4, -0.2) is 59.3 Å². The lowest BCUT2D eigenvalue weighted by Gasteiger charge is -2.40. The van der Waals surface area contributed by atoms with Gasteiger partial charge in [0.05, 0.1) is 12.8 Å². The lowest BCUT2D eigenvalue weighted by Crippen LogP contribution is -2.54. The lowest BCUT2D eigenvalue weighted by atomic mass is 10.1. The molecule has 0 saturated carbocycles. The fraction of sp³-hybridized carbons (Fsp3) is 0.647. The summed E-state index contributed by atoms with van der Waals surface area (Å²) >= 11 is 0. The summed E-state index contributed by atoms with van der Waals surface area (Å²) in [4.78, 5) is 20.7. The van der Waals surface area contributed by atoms with Crippen molar-refractivity contribution < 1.29 is 14.3 Å². The molecular formula is C17H27N3O3. The molecule has 6 heteroatoms. The number of rotatable bonds is 3. The van der Waals surface area contributed by atoms with Crippen molar-refractivity contribution >= 4 is 6.09 Å². The van der Waals surface area contributed by atoms with Gasteiger partial charge in [-0.05, 0) is 33.8 Å². The molecule has 1 aromatic heterocycles. The second kappa shape index (κ2) is 7.17. The minimum absolute atomic E-state index is 0.233. The highest BCUT2D eigenvalue weighted by molar-refractivity contribution is 5.68. The monoisotopic (exact) mass is 321 g/mol.